The molecule has 4 nitrogen and oxygen atoms in total. The van der Waals surface area contributed by atoms with Crippen LogP contribution in [0.1, 0.15) is 19.3 Å². The Labute approximate surface area is 78.3 Å². The number of hydrogen-bond acceptors (Lipinski definition) is 4. The van der Waals surface area contributed by atoms with Crippen LogP contribution in [-0.2, 0) is 9.53 Å². The number of nitrogens with one attached hydrogen (secondary N) is 1. The van der Waals surface area contributed by atoms with E-state index in [1.54, 1.807) is 0 Å². The highest BCUT2D eigenvalue weighted by Gasteiger charge is 2.23. The fourth-order valence-corrected chi connectivity index (χ4v) is 1.63. The second-order valence-electron chi connectivity index (χ2n) is 3.45. The Balaban J connectivity index is 2.28. The van der Waals surface area contributed by atoms with E-state index in [0.29, 0.717) is 0 Å². The van der Waals surface area contributed by atoms with Gasteiger partial charge in [0.25, 0.3) is 0 Å². The summed E-state index contributed by atoms with van der Waals surface area (Å²) in [5.74, 6) is -0.133. The number of aliphatic hydroxyl groups excluding tert-OH is 1. The summed E-state index contributed by atoms with van der Waals surface area (Å²) in [6, 6.07) is 0. The van der Waals surface area contributed by atoms with Crippen molar-refractivity contribution in [2.45, 2.75) is 25.4 Å². The van der Waals surface area contributed by atoms with Gasteiger partial charge in [0.1, 0.15) is 0 Å². The molecule has 76 valence electrons. The number of ether oxygens (including phenoxy) is 1. The number of esters is 1. The zero-order valence-electron chi connectivity index (χ0n) is 7.95. The molecule has 1 heterocycles. The SMILES string of the molecule is COC(=O)C[C@@H](O)[C@@H]1CCCNC1. The van der Waals surface area contributed by atoms with Crippen molar-refractivity contribution in [2.24, 2.45) is 5.92 Å². The molecule has 2 atom stereocenters. The van der Waals surface area contributed by atoms with Crippen LogP contribution in [0.2, 0.25) is 0 Å². The van der Waals surface area contributed by atoms with Crippen molar-refractivity contribution in [1.82, 2.24) is 5.32 Å². The van der Waals surface area contributed by atoms with Crippen molar-refractivity contribution in [3.8, 4) is 0 Å². The van der Waals surface area contributed by atoms with Gasteiger partial charge in [-0.1, -0.05) is 0 Å². The number of carbonyl (C=O) groups excluding carboxylic acids is 1. The fourth-order valence-electron chi connectivity index (χ4n) is 1.63. The van der Waals surface area contributed by atoms with E-state index in [1.165, 1.54) is 7.11 Å². The quantitative estimate of drug-likeness (QED) is 0.606. The summed E-state index contributed by atoms with van der Waals surface area (Å²) in [6.07, 6.45) is 1.62. The molecule has 0 aromatic heterocycles. The first-order valence-electron chi connectivity index (χ1n) is 4.69. The molecule has 1 saturated heterocycles. The molecule has 4 heteroatoms. The van der Waals surface area contributed by atoms with Crippen molar-refractivity contribution in [1.29, 1.82) is 0 Å². The number of methoxy groups -OCH3 is 1. The van der Waals surface area contributed by atoms with Crippen LogP contribution < -0.4 is 5.32 Å². The summed E-state index contributed by atoms with van der Waals surface area (Å²) in [7, 11) is 1.34. The first-order valence-corrected chi connectivity index (χ1v) is 4.69. The maximum atomic E-state index is 10.9. The normalized spacial score (nSPS) is 25.2. The second kappa shape index (κ2) is 5.19. The molecule has 1 rings (SSSR count). The predicted octanol–water partition coefficient (Wildman–Crippen LogP) is -0.0900. The number of rotatable bonds is 3. The molecule has 0 unspecified atom stereocenters. The van der Waals surface area contributed by atoms with Gasteiger partial charge in [0.15, 0.2) is 0 Å². The first-order chi connectivity index (χ1) is 6.24. The van der Waals surface area contributed by atoms with E-state index in [4.69, 9.17) is 0 Å². The van der Waals surface area contributed by atoms with Gasteiger partial charge >= 0.3 is 5.97 Å². The van der Waals surface area contributed by atoms with Gasteiger partial charge in [0.2, 0.25) is 0 Å². The van der Waals surface area contributed by atoms with Crippen LogP contribution >= 0.6 is 0 Å². The molecule has 0 saturated carbocycles. The van der Waals surface area contributed by atoms with Crippen molar-refractivity contribution >= 4 is 5.97 Å². The lowest BCUT2D eigenvalue weighted by atomic mass is 9.92. The molecule has 0 bridgehead atoms. The molecule has 1 fully saturated rings. The molecule has 0 radical (unpaired) electrons. The number of aliphatic hydroxyl groups is 1. The number of carbonyl (C=O) groups is 1. The number of piperidine rings is 1. The third kappa shape index (κ3) is 3.32. The van der Waals surface area contributed by atoms with Gasteiger partial charge in [-0.15, -0.1) is 0 Å². The second-order valence-corrected chi connectivity index (χ2v) is 3.45. The van der Waals surface area contributed by atoms with Crippen molar-refractivity contribution < 1.29 is 14.6 Å². The van der Waals surface area contributed by atoms with E-state index in [9.17, 15) is 9.90 Å². The Hall–Kier alpha value is -0.610. The molecule has 0 aliphatic carbocycles. The molecule has 1 aliphatic heterocycles. The van der Waals surface area contributed by atoms with Crippen LogP contribution in [0.25, 0.3) is 0 Å². The summed E-state index contributed by atoms with van der Waals surface area (Å²) in [6.45, 7) is 1.82. The molecule has 0 amide bonds. The summed E-state index contributed by atoms with van der Waals surface area (Å²) in [4.78, 5) is 10.9. The maximum Gasteiger partial charge on any atom is 0.308 e. The van der Waals surface area contributed by atoms with Crippen molar-refractivity contribution in [3.63, 3.8) is 0 Å². The van der Waals surface area contributed by atoms with Crippen LogP contribution in [0, 0.1) is 5.92 Å². The Morgan fingerprint density at radius 3 is 3.08 bits per heavy atom. The molecule has 1 aliphatic rings. The summed E-state index contributed by atoms with van der Waals surface area (Å²) in [5.41, 5.74) is 0. The van der Waals surface area contributed by atoms with Gasteiger partial charge in [0.05, 0.1) is 19.6 Å². The molecular weight excluding hydrogens is 170 g/mol. The summed E-state index contributed by atoms with van der Waals surface area (Å²) in [5, 5.41) is 12.8. The molecule has 2 N–H and O–H groups in total. The van der Waals surface area contributed by atoms with E-state index < -0.39 is 6.10 Å². The van der Waals surface area contributed by atoms with E-state index in [0.717, 1.165) is 25.9 Å². The first kappa shape index (κ1) is 10.5. The van der Waals surface area contributed by atoms with E-state index >= 15 is 0 Å². The minimum atomic E-state index is -0.555. The van der Waals surface area contributed by atoms with Gasteiger partial charge in [-0.2, -0.15) is 0 Å². The van der Waals surface area contributed by atoms with Crippen LogP contribution in [0.15, 0.2) is 0 Å². The highest BCUT2D eigenvalue weighted by molar-refractivity contribution is 5.69. The molecule has 0 aromatic rings. The average molecular weight is 187 g/mol. The summed E-state index contributed by atoms with van der Waals surface area (Å²) >= 11 is 0. The minimum Gasteiger partial charge on any atom is -0.469 e. The van der Waals surface area contributed by atoms with Gasteiger partial charge in [-0.3, -0.25) is 4.79 Å². The van der Waals surface area contributed by atoms with Crippen LogP contribution in [0.3, 0.4) is 0 Å². The van der Waals surface area contributed by atoms with Crippen LogP contribution in [0.4, 0.5) is 0 Å². The van der Waals surface area contributed by atoms with E-state index in [2.05, 4.69) is 10.1 Å². The van der Waals surface area contributed by atoms with E-state index in [-0.39, 0.29) is 18.3 Å². The Morgan fingerprint density at radius 2 is 2.54 bits per heavy atom. The number of hydrogen-bond donors (Lipinski definition) is 2. The van der Waals surface area contributed by atoms with Gasteiger partial charge in [-0.05, 0) is 25.3 Å². The van der Waals surface area contributed by atoms with E-state index in [1.807, 2.05) is 0 Å². The van der Waals surface area contributed by atoms with Crippen molar-refractivity contribution in [2.75, 3.05) is 20.2 Å². The Kier molecular flexibility index (Phi) is 4.18. The monoisotopic (exact) mass is 187 g/mol. The van der Waals surface area contributed by atoms with Gasteiger partial charge in [0, 0.05) is 6.54 Å². The van der Waals surface area contributed by atoms with Crippen LogP contribution in [-0.4, -0.2) is 37.4 Å². The Morgan fingerprint density at radius 1 is 1.77 bits per heavy atom. The Bertz CT molecular complexity index is 166. The minimum absolute atomic E-state index is 0.114. The lowest BCUT2D eigenvalue weighted by molar-refractivity contribution is -0.143. The zero-order valence-corrected chi connectivity index (χ0v) is 7.95. The predicted molar refractivity (Wildman–Crippen MR) is 48.2 cm³/mol. The molecule has 13 heavy (non-hydrogen) atoms. The molecule has 0 aromatic carbocycles. The van der Waals surface area contributed by atoms with Gasteiger partial charge in [-0.25, -0.2) is 0 Å². The molecular formula is C9H17NO3. The smallest absolute Gasteiger partial charge is 0.308 e. The lowest BCUT2D eigenvalue weighted by Gasteiger charge is -2.26. The van der Waals surface area contributed by atoms with Crippen molar-refractivity contribution in [3.05, 3.63) is 0 Å². The summed E-state index contributed by atoms with van der Waals surface area (Å²) < 4.78 is 4.49. The zero-order chi connectivity index (χ0) is 9.68. The largest absolute Gasteiger partial charge is 0.469 e. The third-order valence-electron chi connectivity index (χ3n) is 2.48. The van der Waals surface area contributed by atoms with Gasteiger partial charge < -0.3 is 15.2 Å². The lowest BCUT2D eigenvalue weighted by Crippen LogP contribution is -2.37. The average Bonchev–Trinajstić information content (AvgIpc) is 2.19. The highest BCUT2D eigenvalue weighted by Crippen LogP contribution is 2.16. The standard InChI is InChI=1S/C9H17NO3/c1-13-9(12)5-8(11)7-3-2-4-10-6-7/h7-8,10-11H,2-6H2,1H3/t7-,8-/m1/s1. The highest BCUT2D eigenvalue weighted by atomic mass is 16.5. The molecule has 0 spiro atoms. The topological polar surface area (TPSA) is 58.6 Å². The third-order valence-corrected chi connectivity index (χ3v) is 2.48. The fraction of sp³-hybridized carbons (Fsp3) is 0.889. The van der Waals surface area contributed by atoms with Crippen LogP contribution in [0.5, 0.6) is 0 Å². The maximum absolute atomic E-state index is 10.9.